The molecule has 4 aromatic rings. The number of nitrogens with one attached hydrogen (secondary N) is 1. The summed E-state index contributed by atoms with van der Waals surface area (Å²) in [5.41, 5.74) is 5.30. The van der Waals surface area contributed by atoms with E-state index in [1.54, 1.807) is 30.6 Å². The fraction of sp³-hybridized carbons (Fsp3) is 0.0800. The maximum atomic E-state index is 12.5. The predicted octanol–water partition coefficient (Wildman–Crippen LogP) is 4.93. The number of carboxylic acids is 1. The number of carboxylic acid groups (broad SMARTS) is 1. The molecule has 32 heavy (non-hydrogen) atoms. The molecule has 3 aromatic carbocycles. The third kappa shape index (κ3) is 3.50. The number of carbonyl (C=O) groups excluding carboxylic acids is 1. The van der Waals surface area contributed by atoms with Crippen LogP contribution in [-0.4, -0.2) is 33.6 Å². The van der Waals surface area contributed by atoms with Crippen LogP contribution >= 0.6 is 0 Å². The molecule has 0 radical (unpaired) electrons. The lowest BCUT2D eigenvalue weighted by atomic mass is 9.98. The van der Waals surface area contributed by atoms with E-state index in [2.05, 4.69) is 34.7 Å². The van der Waals surface area contributed by atoms with Crippen molar-refractivity contribution in [3.63, 3.8) is 0 Å². The van der Waals surface area contributed by atoms with E-state index in [0.29, 0.717) is 11.4 Å². The molecule has 7 nitrogen and oxygen atoms in total. The minimum atomic E-state index is -1.12. The molecule has 1 aliphatic carbocycles. The van der Waals surface area contributed by atoms with Gasteiger partial charge in [0.25, 0.3) is 0 Å². The van der Waals surface area contributed by atoms with Crippen molar-refractivity contribution in [1.29, 1.82) is 0 Å². The highest BCUT2D eigenvalue weighted by molar-refractivity contribution is 5.95. The lowest BCUT2D eigenvalue weighted by Crippen LogP contribution is -2.18. The fourth-order valence-electron chi connectivity index (χ4n) is 4.15. The molecule has 0 fully saturated rings. The summed E-state index contributed by atoms with van der Waals surface area (Å²) in [5, 5.41) is 16.3. The quantitative estimate of drug-likeness (QED) is 0.473. The van der Waals surface area contributed by atoms with E-state index in [-0.39, 0.29) is 18.1 Å². The van der Waals surface area contributed by atoms with Crippen LogP contribution in [0.25, 0.3) is 16.8 Å². The highest BCUT2D eigenvalue weighted by Crippen LogP contribution is 2.44. The minimum absolute atomic E-state index is 0.0187. The number of hydrogen-bond acceptors (Lipinski definition) is 4. The summed E-state index contributed by atoms with van der Waals surface area (Å²) in [5.74, 6) is -1.17. The van der Waals surface area contributed by atoms with Crippen molar-refractivity contribution in [3.05, 3.63) is 102 Å². The average molecular weight is 425 g/mol. The summed E-state index contributed by atoms with van der Waals surface area (Å²) in [6, 6.07) is 22.5. The molecule has 1 heterocycles. The smallest absolute Gasteiger partial charge is 0.411 e. The van der Waals surface area contributed by atoms with Gasteiger partial charge in [0.2, 0.25) is 0 Å². The van der Waals surface area contributed by atoms with Crippen molar-refractivity contribution in [2.24, 2.45) is 0 Å². The van der Waals surface area contributed by atoms with Crippen LogP contribution in [0.4, 0.5) is 10.5 Å². The molecule has 0 atom stereocenters. The van der Waals surface area contributed by atoms with Crippen LogP contribution in [0.15, 0.2) is 85.2 Å². The molecule has 158 valence electrons. The SMILES string of the molecule is O=C(Nc1ccc(-n2cccn2)c(C(=O)O)c1)OCC1c2ccccc2-c2ccccc21. The van der Waals surface area contributed by atoms with Gasteiger partial charge in [-0.3, -0.25) is 5.32 Å². The Balaban J connectivity index is 1.32. The normalized spacial score (nSPS) is 12.1. The zero-order chi connectivity index (χ0) is 22.1. The highest BCUT2D eigenvalue weighted by atomic mass is 16.5. The maximum absolute atomic E-state index is 12.5. The summed E-state index contributed by atoms with van der Waals surface area (Å²) in [6.45, 7) is 0.178. The predicted molar refractivity (Wildman–Crippen MR) is 119 cm³/mol. The standard InChI is InChI=1S/C25H19N3O4/c29-24(30)21-14-16(10-11-23(21)28-13-5-12-26-28)27-25(31)32-15-22-19-8-3-1-6-17(19)18-7-2-4-9-20(18)22/h1-14,22H,15H2,(H,27,31)(H,29,30). The van der Waals surface area contributed by atoms with Gasteiger partial charge in [-0.2, -0.15) is 5.10 Å². The number of carbonyl (C=O) groups is 2. The molecule has 7 heteroatoms. The summed E-state index contributed by atoms with van der Waals surface area (Å²) in [6.07, 6.45) is 2.57. The second-order valence-electron chi connectivity index (χ2n) is 7.44. The van der Waals surface area contributed by atoms with Gasteiger partial charge in [-0.05, 0) is 46.5 Å². The van der Waals surface area contributed by atoms with Crippen LogP contribution in [-0.2, 0) is 4.74 Å². The number of hydrogen-bond donors (Lipinski definition) is 2. The lowest BCUT2D eigenvalue weighted by Gasteiger charge is -2.15. The average Bonchev–Trinajstić information content (AvgIpc) is 3.44. The minimum Gasteiger partial charge on any atom is -0.478 e. The monoisotopic (exact) mass is 425 g/mol. The summed E-state index contributed by atoms with van der Waals surface area (Å²) in [4.78, 5) is 24.2. The molecule has 1 amide bonds. The van der Waals surface area contributed by atoms with E-state index < -0.39 is 12.1 Å². The zero-order valence-corrected chi connectivity index (χ0v) is 16.9. The van der Waals surface area contributed by atoms with E-state index in [1.807, 2.05) is 24.3 Å². The van der Waals surface area contributed by atoms with Gasteiger partial charge in [0, 0.05) is 24.0 Å². The third-order valence-corrected chi connectivity index (χ3v) is 5.57. The van der Waals surface area contributed by atoms with Gasteiger partial charge in [0.05, 0.1) is 11.3 Å². The molecule has 5 rings (SSSR count). The molecule has 0 saturated heterocycles. The number of rotatable bonds is 5. The second-order valence-corrected chi connectivity index (χ2v) is 7.44. The van der Waals surface area contributed by atoms with Crippen molar-refractivity contribution < 1.29 is 19.4 Å². The molecule has 0 bridgehead atoms. The molecule has 0 unspecified atom stereocenters. The Labute approximate surface area is 183 Å². The maximum Gasteiger partial charge on any atom is 0.411 e. The first-order valence-corrected chi connectivity index (χ1v) is 10.1. The van der Waals surface area contributed by atoms with E-state index in [1.165, 1.54) is 10.7 Å². The molecule has 2 N–H and O–H groups in total. The van der Waals surface area contributed by atoms with E-state index in [9.17, 15) is 14.7 Å². The van der Waals surface area contributed by atoms with Gasteiger partial charge in [-0.25, -0.2) is 14.3 Å². The van der Waals surface area contributed by atoms with Crippen LogP contribution in [0, 0.1) is 0 Å². The van der Waals surface area contributed by atoms with Gasteiger partial charge >= 0.3 is 12.1 Å². The molecule has 1 aliphatic rings. The highest BCUT2D eigenvalue weighted by Gasteiger charge is 2.29. The number of anilines is 1. The molecular weight excluding hydrogens is 406 g/mol. The van der Waals surface area contributed by atoms with Crippen molar-refractivity contribution in [2.75, 3.05) is 11.9 Å². The molecule has 0 spiro atoms. The van der Waals surface area contributed by atoms with Crippen LogP contribution in [0.3, 0.4) is 0 Å². The lowest BCUT2D eigenvalue weighted by molar-refractivity contribution is 0.0696. The van der Waals surface area contributed by atoms with Gasteiger partial charge in [0.15, 0.2) is 0 Å². The Kier molecular flexibility index (Phi) is 4.91. The molecular formula is C25H19N3O4. The van der Waals surface area contributed by atoms with E-state index in [4.69, 9.17) is 4.74 Å². The number of benzene rings is 3. The van der Waals surface area contributed by atoms with Crippen LogP contribution in [0.5, 0.6) is 0 Å². The zero-order valence-electron chi connectivity index (χ0n) is 16.9. The Hall–Kier alpha value is -4.39. The molecule has 0 aliphatic heterocycles. The van der Waals surface area contributed by atoms with Crippen molar-refractivity contribution in [2.45, 2.75) is 5.92 Å². The van der Waals surface area contributed by atoms with Crippen LogP contribution < -0.4 is 5.32 Å². The largest absolute Gasteiger partial charge is 0.478 e. The van der Waals surface area contributed by atoms with E-state index in [0.717, 1.165) is 22.3 Å². The molecule has 1 aromatic heterocycles. The van der Waals surface area contributed by atoms with Crippen LogP contribution in [0.1, 0.15) is 27.4 Å². The Morgan fingerprint density at radius 3 is 2.28 bits per heavy atom. The Morgan fingerprint density at radius 1 is 0.969 bits per heavy atom. The Morgan fingerprint density at radius 2 is 1.66 bits per heavy atom. The summed E-state index contributed by atoms with van der Waals surface area (Å²) in [7, 11) is 0. The second kappa shape index (κ2) is 8.03. The molecule has 0 saturated carbocycles. The number of ether oxygens (including phenoxy) is 1. The number of amides is 1. The van der Waals surface area contributed by atoms with Crippen molar-refractivity contribution in [1.82, 2.24) is 9.78 Å². The van der Waals surface area contributed by atoms with Gasteiger partial charge in [-0.15, -0.1) is 0 Å². The number of fused-ring (bicyclic) bond motifs is 3. The summed E-state index contributed by atoms with van der Waals surface area (Å²) < 4.78 is 6.99. The van der Waals surface area contributed by atoms with E-state index >= 15 is 0 Å². The van der Waals surface area contributed by atoms with Crippen molar-refractivity contribution >= 4 is 17.7 Å². The fourth-order valence-corrected chi connectivity index (χ4v) is 4.15. The summed E-state index contributed by atoms with van der Waals surface area (Å²) >= 11 is 0. The van der Waals surface area contributed by atoms with Gasteiger partial charge < -0.3 is 9.84 Å². The number of aromatic carboxylic acids is 1. The van der Waals surface area contributed by atoms with Gasteiger partial charge in [0.1, 0.15) is 6.61 Å². The number of nitrogens with zero attached hydrogens (tertiary/aromatic N) is 2. The first-order chi connectivity index (χ1) is 15.6. The topological polar surface area (TPSA) is 93.5 Å². The van der Waals surface area contributed by atoms with Crippen LogP contribution in [0.2, 0.25) is 0 Å². The third-order valence-electron chi connectivity index (χ3n) is 5.57. The first-order valence-electron chi connectivity index (χ1n) is 10.1. The Bertz CT molecular complexity index is 1270. The number of aromatic nitrogens is 2. The first kappa shape index (κ1) is 19.6. The van der Waals surface area contributed by atoms with Crippen molar-refractivity contribution in [3.8, 4) is 16.8 Å². The van der Waals surface area contributed by atoms with Gasteiger partial charge in [-0.1, -0.05) is 48.5 Å².